The maximum Gasteiger partial charge on any atom is 3.00 e. The van der Waals surface area contributed by atoms with Gasteiger partial charge in [-0.25, -0.2) is 9.97 Å². The molecule has 5 rings (SSSR count). The number of nitrogens with zero attached hydrogens (tertiary/aromatic N) is 4. The molecule has 3 aromatic heterocycles. The Morgan fingerprint density at radius 2 is 1.07 bits per heavy atom. The van der Waals surface area contributed by atoms with E-state index in [1.807, 2.05) is 52.0 Å². The van der Waals surface area contributed by atoms with Gasteiger partial charge >= 0.3 is 29.0 Å². The summed E-state index contributed by atoms with van der Waals surface area (Å²) in [4.78, 5) is 42.7. The summed E-state index contributed by atoms with van der Waals surface area (Å²) < 4.78 is 0. The molecule has 2 aliphatic rings. The summed E-state index contributed by atoms with van der Waals surface area (Å²) in [6.07, 6.45) is 4.06. The van der Waals surface area contributed by atoms with Gasteiger partial charge in [-0.3, -0.25) is 9.59 Å². The summed E-state index contributed by atoms with van der Waals surface area (Å²) >= 11 is 0. The third kappa shape index (κ3) is 6.36. The second kappa shape index (κ2) is 13.6. The molecule has 0 unspecified atom stereocenters. The van der Waals surface area contributed by atoms with Crippen molar-refractivity contribution in [3.8, 4) is 0 Å². The molecule has 3 aromatic rings. The summed E-state index contributed by atoms with van der Waals surface area (Å²) in [7, 11) is 0. The van der Waals surface area contributed by atoms with E-state index >= 15 is 0 Å². The van der Waals surface area contributed by atoms with Crippen molar-refractivity contribution < 1.29 is 49.3 Å². The number of halogens is 1. The number of fused-ring (bicyclic) bond motifs is 8. The van der Waals surface area contributed by atoms with Crippen molar-refractivity contribution in [1.29, 1.82) is 0 Å². The number of rotatable bonds is 8. The van der Waals surface area contributed by atoms with Crippen molar-refractivity contribution in [2.75, 3.05) is 0 Å². The van der Waals surface area contributed by atoms with Crippen molar-refractivity contribution in [2.45, 2.75) is 53.4 Å². The molecule has 0 saturated carbocycles. The van der Waals surface area contributed by atoms with Gasteiger partial charge in [-0.2, -0.15) is 0 Å². The third-order valence-corrected chi connectivity index (χ3v) is 8.06. The van der Waals surface area contributed by atoms with Crippen LogP contribution in [0.2, 0.25) is 0 Å². The van der Waals surface area contributed by atoms with Crippen LogP contribution in [0.15, 0.2) is 49.6 Å². The van der Waals surface area contributed by atoms with Crippen LogP contribution < -0.4 is 22.4 Å². The van der Waals surface area contributed by atoms with Crippen LogP contribution in [0, 0.1) is 13.8 Å². The van der Waals surface area contributed by atoms with Crippen LogP contribution in [0.4, 0.5) is 0 Å². The fraction of sp³-hybridized carbons (Fsp3) is 0.235. The Morgan fingerprint density at radius 1 is 0.682 bits per heavy atom. The Balaban J connectivity index is 0.00000264. The molecular weight excluding hydrogens is 619 g/mol. The fourth-order valence-corrected chi connectivity index (χ4v) is 5.61. The van der Waals surface area contributed by atoms with Crippen molar-refractivity contribution >= 4 is 56.3 Å². The van der Waals surface area contributed by atoms with E-state index in [9.17, 15) is 19.8 Å². The number of carboxylic acids is 2. The standard InChI is InChI=1S/C34H34N4O4.ClH.Mn/c1-7-21-17(3)25-13-26-19(5)23(9-11-33(39)40)31(37-26)16-32-24(10-12-34(41)42)20(6)28(38-32)15-30-22(8-2)18(4)27(36-30)14-29(21)35-25;;/h7-8,13-16H,1-2,9-12H2,3-6H3,(H4,35,36,37,38,39,40,41,42);1H;/q;;+3/p-3. The topological polar surface area (TPSA) is 129 Å². The van der Waals surface area contributed by atoms with Gasteiger partial charge in [0.25, 0.3) is 0 Å². The van der Waals surface area contributed by atoms with E-state index in [1.165, 1.54) is 0 Å². The smallest absolute Gasteiger partial charge is 1.00 e. The van der Waals surface area contributed by atoms with E-state index in [4.69, 9.17) is 19.9 Å². The van der Waals surface area contributed by atoms with Crippen molar-refractivity contribution in [1.82, 2.24) is 19.9 Å². The molecule has 2 aliphatic heterocycles. The van der Waals surface area contributed by atoms with E-state index in [1.54, 1.807) is 12.2 Å². The number of hydrogen-bond donors (Lipinski definition) is 2. The van der Waals surface area contributed by atoms with Gasteiger partial charge in [-0.15, -0.1) is 22.1 Å². The number of hydrogen-bond acceptors (Lipinski definition) is 4. The van der Waals surface area contributed by atoms with Crippen LogP contribution in [0.3, 0.4) is 0 Å². The monoisotopic (exact) mass is 650 g/mol. The first-order valence-corrected chi connectivity index (χ1v) is 13.8. The summed E-state index contributed by atoms with van der Waals surface area (Å²) in [5, 5.41) is 18.9. The van der Waals surface area contributed by atoms with E-state index in [-0.39, 0.29) is 42.3 Å². The van der Waals surface area contributed by atoms with Crippen LogP contribution in [0.5, 0.6) is 0 Å². The molecule has 0 spiro atoms. The van der Waals surface area contributed by atoms with Gasteiger partial charge in [0.2, 0.25) is 0 Å². The minimum atomic E-state index is -0.898. The molecule has 226 valence electrons. The molecule has 0 aliphatic carbocycles. The first kappa shape index (κ1) is 34.3. The first-order chi connectivity index (χ1) is 20.0. The van der Waals surface area contributed by atoms with Gasteiger partial charge in [0.1, 0.15) is 0 Å². The van der Waals surface area contributed by atoms with Crippen LogP contribution in [-0.2, 0) is 39.5 Å². The Bertz CT molecular complexity index is 1930. The average molecular weight is 651 g/mol. The van der Waals surface area contributed by atoms with Crippen LogP contribution >= 0.6 is 0 Å². The van der Waals surface area contributed by atoms with Crippen molar-refractivity contribution in [3.63, 3.8) is 0 Å². The Labute approximate surface area is 272 Å². The maximum absolute atomic E-state index is 11.5. The van der Waals surface area contributed by atoms with E-state index in [2.05, 4.69) is 13.2 Å². The fourth-order valence-electron chi connectivity index (χ4n) is 5.61. The molecule has 0 radical (unpaired) electrons. The normalized spacial score (nSPS) is 12.5. The maximum atomic E-state index is 11.5. The SMILES string of the molecule is C=CC1=C(C)c2cc3[n-]c(cc4[n-]c(cc5nc(cc1n2)C(C)=C5C=C)c(C)c4CCC(=O)O)c(CCC(=O)O)c3C.[Cl-].[Mn+3]. The van der Waals surface area contributed by atoms with Gasteiger partial charge in [-0.05, 0) is 57.7 Å². The van der Waals surface area contributed by atoms with Crippen LogP contribution in [0.25, 0.3) is 44.4 Å². The molecular formula is C34H32ClMnN4O4. The van der Waals surface area contributed by atoms with Gasteiger partial charge in [-0.1, -0.05) is 65.8 Å². The molecule has 8 nitrogen and oxygen atoms in total. The molecule has 5 heterocycles. The summed E-state index contributed by atoms with van der Waals surface area (Å²) in [5.41, 5.74) is 12.6. The minimum Gasteiger partial charge on any atom is -1.00 e. The molecule has 0 saturated heterocycles. The van der Waals surface area contributed by atoms with Crippen molar-refractivity contribution in [3.05, 3.63) is 94.6 Å². The molecule has 8 bridgehead atoms. The van der Waals surface area contributed by atoms with Gasteiger partial charge < -0.3 is 32.6 Å². The summed E-state index contributed by atoms with van der Waals surface area (Å²) in [6.45, 7) is 15.9. The summed E-state index contributed by atoms with van der Waals surface area (Å²) in [5.74, 6) is -1.80. The molecule has 0 amide bonds. The van der Waals surface area contributed by atoms with Gasteiger partial charge in [0.15, 0.2) is 0 Å². The van der Waals surface area contributed by atoms with E-state index < -0.39 is 11.9 Å². The van der Waals surface area contributed by atoms with Crippen molar-refractivity contribution in [2.24, 2.45) is 0 Å². The molecule has 0 atom stereocenters. The van der Waals surface area contributed by atoms with Gasteiger partial charge in [0.05, 0.1) is 22.8 Å². The first-order valence-electron chi connectivity index (χ1n) is 13.8. The molecule has 10 heteroatoms. The zero-order chi connectivity index (χ0) is 30.3. The predicted molar refractivity (Wildman–Crippen MR) is 166 cm³/mol. The third-order valence-electron chi connectivity index (χ3n) is 8.06. The Hall–Kier alpha value is -4.17. The number of carbonyl (C=O) groups is 2. The number of carboxylic acid groups (broad SMARTS) is 2. The Morgan fingerprint density at radius 3 is 1.48 bits per heavy atom. The second-order valence-electron chi connectivity index (χ2n) is 10.6. The molecule has 44 heavy (non-hydrogen) atoms. The number of aliphatic carboxylic acids is 2. The van der Waals surface area contributed by atoms with Crippen LogP contribution in [0.1, 0.15) is 71.7 Å². The largest absolute Gasteiger partial charge is 3.00 e. The van der Waals surface area contributed by atoms with Crippen LogP contribution in [-0.4, -0.2) is 32.1 Å². The zero-order valence-corrected chi connectivity index (χ0v) is 26.9. The molecule has 0 fully saturated rings. The zero-order valence-electron chi connectivity index (χ0n) is 25.0. The number of aryl methyl sites for hydroxylation is 4. The quantitative estimate of drug-likeness (QED) is 0.355. The molecule has 0 aromatic carbocycles. The predicted octanol–water partition coefficient (Wildman–Crippen LogP) is 3.46. The average Bonchev–Trinajstić information content (AvgIpc) is 3.59. The molecule has 2 N–H and O–H groups in total. The second-order valence-corrected chi connectivity index (χ2v) is 10.6. The number of aromatic nitrogens is 4. The summed E-state index contributed by atoms with van der Waals surface area (Å²) in [6, 6.07) is 7.62. The van der Waals surface area contributed by atoms with E-state index in [0.29, 0.717) is 40.6 Å². The van der Waals surface area contributed by atoms with E-state index in [0.717, 1.165) is 61.6 Å². The number of allylic oxidation sites excluding steroid dienone is 6. The van der Waals surface area contributed by atoms with Gasteiger partial charge in [0, 0.05) is 24.0 Å². The Kier molecular flexibility index (Phi) is 10.6. The minimum absolute atomic E-state index is 0.